The van der Waals surface area contributed by atoms with Crippen molar-refractivity contribution in [3.63, 3.8) is 0 Å². The fourth-order valence-corrected chi connectivity index (χ4v) is 1.11. The molecule has 0 spiro atoms. The first kappa shape index (κ1) is 9.57. The van der Waals surface area contributed by atoms with E-state index in [1.54, 1.807) is 0 Å². The van der Waals surface area contributed by atoms with E-state index in [2.05, 4.69) is 20.9 Å². The van der Waals surface area contributed by atoms with Gasteiger partial charge in [-0.2, -0.15) is 0 Å². The molecule has 1 aromatic rings. The monoisotopic (exact) mass is 233 g/mol. The van der Waals surface area contributed by atoms with Crippen LogP contribution < -0.4 is 11.5 Å². The van der Waals surface area contributed by atoms with Crippen molar-refractivity contribution in [2.45, 2.75) is 6.04 Å². The minimum absolute atomic E-state index is 0.186. The van der Waals surface area contributed by atoms with E-state index in [4.69, 9.17) is 11.5 Å². The molecule has 0 unspecified atom stereocenters. The minimum Gasteiger partial charge on any atom is -0.329 e. The number of hydrogen-bond donors (Lipinski definition) is 2. The summed E-state index contributed by atoms with van der Waals surface area (Å²) in [5.41, 5.74) is 11.0. The highest BCUT2D eigenvalue weighted by molar-refractivity contribution is 9.10. The molecular weight excluding hydrogens is 225 g/mol. The molecule has 0 aromatic carbocycles. The van der Waals surface area contributed by atoms with Gasteiger partial charge in [0.1, 0.15) is 5.82 Å². The fraction of sp³-hybridized carbons (Fsp3) is 0.286. The lowest BCUT2D eigenvalue weighted by Crippen LogP contribution is -2.23. The quantitative estimate of drug-likeness (QED) is 0.800. The number of hydrogen-bond acceptors (Lipinski definition) is 3. The van der Waals surface area contributed by atoms with Gasteiger partial charge in [0, 0.05) is 17.2 Å². The van der Waals surface area contributed by atoms with Crippen LogP contribution in [-0.2, 0) is 0 Å². The summed E-state index contributed by atoms with van der Waals surface area (Å²) in [6.45, 7) is 0.186. The maximum Gasteiger partial charge on any atom is 0.147 e. The van der Waals surface area contributed by atoms with E-state index in [1.165, 1.54) is 12.3 Å². The lowest BCUT2D eigenvalue weighted by Gasteiger charge is -2.08. The van der Waals surface area contributed by atoms with Gasteiger partial charge >= 0.3 is 0 Å². The molecule has 1 aromatic heterocycles. The zero-order valence-corrected chi connectivity index (χ0v) is 7.88. The minimum atomic E-state index is -0.530. The summed E-state index contributed by atoms with van der Waals surface area (Å²) in [7, 11) is 0. The Labute approximate surface area is 78.1 Å². The Morgan fingerprint density at radius 1 is 1.67 bits per heavy atom. The first-order valence-electron chi connectivity index (χ1n) is 3.41. The largest absolute Gasteiger partial charge is 0.329 e. The number of nitrogens with zero attached hydrogens (tertiary/aromatic N) is 1. The number of nitrogens with two attached hydrogens (primary N) is 2. The average Bonchev–Trinajstić information content (AvgIpc) is 2.03. The average molecular weight is 234 g/mol. The van der Waals surface area contributed by atoms with Crippen LogP contribution in [0, 0.1) is 5.82 Å². The molecule has 4 N–H and O–H groups in total. The van der Waals surface area contributed by atoms with Gasteiger partial charge in [-0.15, -0.1) is 0 Å². The summed E-state index contributed by atoms with van der Waals surface area (Å²) in [6, 6.07) is 0.788. The molecule has 0 aliphatic carbocycles. The maximum absolute atomic E-state index is 13.1. The number of pyridine rings is 1. The van der Waals surface area contributed by atoms with Gasteiger partial charge in [0.15, 0.2) is 0 Å². The molecule has 12 heavy (non-hydrogen) atoms. The van der Waals surface area contributed by atoms with Crippen LogP contribution in [-0.4, -0.2) is 11.5 Å². The van der Waals surface area contributed by atoms with Crippen molar-refractivity contribution >= 4 is 15.9 Å². The molecule has 0 amide bonds. The second-order valence-electron chi connectivity index (χ2n) is 2.36. The summed E-state index contributed by atoms with van der Waals surface area (Å²) in [5, 5.41) is 0. The van der Waals surface area contributed by atoms with Gasteiger partial charge in [0.2, 0.25) is 0 Å². The maximum atomic E-state index is 13.1. The van der Waals surface area contributed by atoms with Gasteiger partial charge in [-0.3, -0.25) is 4.98 Å². The molecule has 5 heteroatoms. The number of halogens is 2. The highest BCUT2D eigenvalue weighted by Crippen LogP contribution is 2.15. The summed E-state index contributed by atoms with van der Waals surface area (Å²) >= 11 is 3.09. The van der Waals surface area contributed by atoms with Gasteiger partial charge in [-0.05, 0) is 22.0 Å². The van der Waals surface area contributed by atoms with Crippen LogP contribution in [0.1, 0.15) is 11.7 Å². The zero-order valence-electron chi connectivity index (χ0n) is 6.30. The molecule has 0 saturated heterocycles. The molecule has 1 rings (SSSR count). The molecule has 0 bridgehead atoms. The molecule has 3 nitrogen and oxygen atoms in total. The van der Waals surface area contributed by atoms with Crippen LogP contribution in [0.4, 0.5) is 4.39 Å². The molecular formula is C7H9BrFN3. The predicted molar refractivity (Wildman–Crippen MR) is 47.9 cm³/mol. The number of rotatable bonds is 2. The van der Waals surface area contributed by atoms with E-state index in [-0.39, 0.29) is 12.2 Å². The van der Waals surface area contributed by atoms with E-state index in [1.807, 2.05) is 0 Å². The summed E-state index contributed by atoms with van der Waals surface area (Å²) < 4.78 is 13.7. The third-order valence-electron chi connectivity index (χ3n) is 1.44. The van der Waals surface area contributed by atoms with E-state index < -0.39 is 11.9 Å². The van der Waals surface area contributed by atoms with Gasteiger partial charge in [0.05, 0.1) is 11.7 Å². The third-order valence-corrected chi connectivity index (χ3v) is 1.88. The van der Waals surface area contributed by atoms with E-state index in [9.17, 15) is 4.39 Å². The van der Waals surface area contributed by atoms with Gasteiger partial charge in [-0.25, -0.2) is 4.39 Å². The molecule has 0 saturated carbocycles. The van der Waals surface area contributed by atoms with Gasteiger partial charge in [0.25, 0.3) is 0 Å². The third kappa shape index (κ3) is 2.00. The van der Waals surface area contributed by atoms with Crippen LogP contribution in [0.25, 0.3) is 0 Å². The first-order valence-corrected chi connectivity index (χ1v) is 4.21. The molecule has 0 fully saturated rings. The van der Waals surface area contributed by atoms with Crippen LogP contribution in [0.5, 0.6) is 0 Å². The highest BCUT2D eigenvalue weighted by atomic mass is 79.9. The van der Waals surface area contributed by atoms with Crippen molar-refractivity contribution in [3.8, 4) is 0 Å². The molecule has 0 radical (unpaired) electrons. The molecule has 0 aliphatic heterocycles. The summed E-state index contributed by atoms with van der Waals surface area (Å²) in [6.07, 6.45) is 1.49. The highest BCUT2D eigenvalue weighted by Gasteiger charge is 2.11. The van der Waals surface area contributed by atoms with E-state index in [0.29, 0.717) is 4.47 Å². The van der Waals surface area contributed by atoms with Crippen molar-refractivity contribution in [3.05, 3.63) is 28.2 Å². The van der Waals surface area contributed by atoms with E-state index >= 15 is 0 Å². The van der Waals surface area contributed by atoms with Gasteiger partial charge < -0.3 is 11.5 Å². The lowest BCUT2D eigenvalue weighted by molar-refractivity contribution is 0.567. The van der Waals surface area contributed by atoms with Crippen molar-refractivity contribution in [2.24, 2.45) is 11.5 Å². The van der Waals surface area contributed by atoms with Crippen LogP contribution >= 0.6 is 15.9 Å². The Morgan fingerprint density at radius 2 is 2.33 bits per heavy atom. The van der Waals surface area contributed by atoms with Crippen molar-refractivity contribution < 1.29 is 4.39 Å². The second-order valence-corrected chi connectivity index (χ2v) is 3.28. The summed E-state index contributed by atoms with van der Waals surface area (Å²) in [5.74, 6) is -0.428. The van der Waals surface area contributed by atoms with Crippen LogP contribution in [0.2, 0.25) is 0 Å². The Morgan fingerprint density at radius 3 is 2.83 bits per heavy atom. The fourth-order valence-electron chi connectivity index (χ4n) is 0.810. The topological polar surface area (TPSA) is 64.9 Å². The smallest absolute Gasteiger partial charge is 0.147 e. The second kappa shape index (κ2) is 3.93. The van der Waals surface area contributed by atoms with Crippen molar-refractivity contribution in [2.75, 3.05) is 6.54 Å². The normalized spacial score (nSPS) is 13.0. The molecule has 66 valence electrons. The van der Waals surface area contributed by atoms with Crippen LogP contribution in [0.15, 0.2) is 16.7 Å². The van der Waals surface area contributed by atoms with Crippen molar-refractivity contribution in [1.82, 2.24) is 4.98 Å². The Bertz CT molecular complexity index is 279. The standard InChI is InChI=1S/C7H9BrFN3/c8-4-1-5(9)7(12-3-4)6(11)2-10/h1,3,6H,2,10-11H2/t6-/m1/s1. The Kier molecular flexibility index (Phi) is 3.13. The predicted octanol–water partition coefficient (Wildman–Crippen LogP) is 0.942. The van der Waals surface area contributed by atoms with Gasteiger partial charge in [-0.1, -0.05) is 0 Å². The Hall–Kier alpha value is -0.520. The Balaban J connectivity index is 3.01. The molecule has 1 heterocycles. The number of aromatic nitrogens is 1. The zero-order chi connectivity index (χ0) is 9.14. The van der Waals surface area contributed by atoms with Crippen molar-refractivity contribution in [1.29, 1.82) is 0 Å². The first-order chi connectivity index (χ1) is 5.65. The summed E-state index contributed by atoms with van der Waals surface area (Å²) in [4.78, 5) is 3.82. The molecule has 1 atom stereocenters. The van der Waals surface area contributed by atoms with Crippen LogP contribution in [0.3, 0.4) is 0 Å². The molecule has 0 aliphatic rings. The van der Waals surface area contributed by atoms with E-state index in [0.717, 1.165) is 0 Å². The lowest BCUT2D eigenvalue weighted by atomic mass is 10.2. The SMILES string of the molecule is NC[C@@H](N)c1ncc(Br)cc1F.